The van der Waals surface area contributed by atoms with Gasteiger partial charge in [-0.05, 0) is 39.0 Å². The third-order valence-electron chi connectivity index (χ3n) is 7.15. The molecular formula is C35H76N3O+3. The average molecular weight is 555 g/mol. The highest BCUT2D eigenvalue weighted by Crippen LogP contribution is 2.09. The minimum Gasteiger partial charge on any atom is -0.370 e. The van der Waals surface area contributed by atoms with Crippen LogP contribution >= 0.6 is 0 Å². The zero-order valence-corrected chi connectivity index (χ0v) is 28.8. The Labute approximate surface area is 248 Å². The number of pyridine rings is 1. The van der Waals surface area contributed by atoms with E-state index in [2.05, 4.69) is 72.5 Å². The molecule has 1 aromatic heterocycles. The fourth-order valence-electron chi connectivity index (χ4n) is 4.05. The number of aryl methyl sites for hydroxylation is 1. The Morgan fingerprint density at radius 3 is 1.46 bits per heavy atom. The van der Waals surface area contributed by atoms with E-state index in [1.165, 1.54) is 114 Å². The Balaban J connectivity index is -0.000000462. The second-order valence-electron chi connectivity index (χ2n) is 10.9. The molecule has 2 heterocycles. The van der Waals surface area contributed by atoms with Crippen molar-refractivity contribution in [3.05, 3.63) is 30.6 Å². The molecule has 39 heavy (non-hydrogen) atoms. The Kier molecular flexibility index (Phi) is 38.2. The molecule has 0 saturated carbocycles. The molecule has 0 amide bonds. The zero-order valence-electron chi connectivity index (χ0n) is 28.8. The first-order valence-electron chi connectivity index (χ1n) is 17.1. The lowest BCUT2D eigenvalue weighted by Gasteiger charge is -2.37. The number of ether oxygens (including phenoxy) is 1. The van der Waals surface area contributed by atoms with Crippen molar-refractivity contribution in [2.24, 2.45) is 0 Å². The summed E-state index contributed by atoms with van der Waals surface area (Å²) in [6.45, 7) is 30.6. The second kappa shape index (κ2) is 35.1. The van der Waals surface area contributed by atoms with Gasteiger partial charge in [-0.2, -0.15) is 0 Å². The van der Waals surface area contributed by atoms with E-state index >= 15 is 0 Å². The lowest BCUT2D eigenvalue weighted by molar-refractivity contribution is -0.917. The van der Waals surface area contributed by atoms with E-state index in [-0.39, 0.29) is 0 Å². The lowest BCUT2D eigenvalue weighted by Crippen LogP contribution is -3.12. The zero-order chi connectivity index (χ0) is 30.0. The molecule has 0 atom stereocenters. The molecule has 1 aliphatic rings. The number of nitrogens with one attached hydrogen (secondary N) is 1. The molecule has 1 aromatic rings. The number of quaternary nitrogens is 2. The largest absolute Gasteiger partial charge is 0.370 e. The Hall–Kier alpha value is -0.970. The quantitative estimate of drug-likeness (QED) is 0.133. The molecule has 0 aliphatic carbocycles. The number of hydrogen-bond acceptors (Lipinski definition) is 1. The lowest BCUT2D eigenvalue weighted by atomic mass is 10.2. The van der Waals surface area contributed by atoms with Crippen molar-refractivity contribution in [2.75, 3.05) is 59.5 Å². The van der Waals surface area contributed by atoms with Gasteiger partial charge in [0.15, 0.2) is 12.4 Å². The third kappa shape index (κ3) is 31.4. The molecule has 234 valence electrons. The summed E-state index contributed by atoms with van der Waals surface area (Å²) in [7, 11) is 2.35. The topological polar surface area (TPSA) is 17.6 Å². The van der Waals surface area contributed by atoms with Gasteiger partial charge in [-0.1, -0.05) is 100.0 Å². The van der Waals surface area contributed by atoms with E-state index in [1.807, 2.05) is 36.9 Å². The van der Waals surface area contributed by atoms with Crippen LogP contribution in [0.15, 0.2) is 30.6 Å². The van der Waals surface area contributed by atoms with Crippen LogP contribution in [-0.2, 0) is 11.3 Å². The van der Waals surface area contributed by atoms with Crippen LogP contribution in [0, 0.1) is 0 Å². The third-order valence-corrected chi connectivity index (χ3v) is 7.15. The van der Waals surface area contributed by atoms with Gasteiger partial charge >= 0.3 is 0 Å². The van der Waals surface area contributed by atoms with Crippen molar-refractivity contribution in [1.29, 1.82) is 0 Å². The highest BCUT2D eigenvalue weighted by atomic mass is 16.5. The van der Waals surface area contributed by atoms with E-state index in [9.17, 15) is 0 Å². The standard InChI is InChI=1S/C13H29N.C9H20NO.C7H10N.C4H10.C2H6/c1-4-7-10-13-14(11-8-5-2)12-9-6-3;1-3-4-5-10(2)6-8-11-9-7-10;1-2-8-6-4-3-5-7-8;1-3-4-2;1-2/h4-13H2,1-3H3;3-9H2,1-2H3;3-7H,2H2,1H3;3-4H2,1-2H3;1-2H3/q;2*+1;;/p+1. The highest BCUT2D eigenvalue weighted by molar-refractivity contribution is 4.83. The second-order valence-corrected chi connectivity index (χ2v) is 10.9. The molecule has 1 aliphatic heterocycles. The molecule has 4 nitrogen and oxygen atoms in total. The van der Waals surface area contributed by atoms with Crippen molar-refractivity contribution in [2.45, 2.75) is 139 Å². The minimum absolute atomic E-state index is 0.959. The van der Waals surface area contributed by atoms with Crippen LogP contribution in [0.5, 0.6) is 0 Å². The number of nitrogens with zero attached hydrogens (tertiary/aromatic N) is 2. The van der Waals surface area contributed by atoms with Crippen LogP contribution in [0.4, 0.5) is 0 Å². The van der Waals surface area contributed by atoms with E-state index in [0.29, 0.717) is 0 Å². The van der Waals surface area contributed by atoms with Gasteiger partial charge in [0.05, 0.1) is 46.4 Å². The van der Waals surface area contributed by atoms with Crippen molar-refractivity contribution >= 4 is 0 Å². The number of hydrogen-bond donors (Lipinski definition) is 1. The van der Waals surface area contributed by atoms with Gasteiger partial charge in [0.2, 0.25) is 0 Å². The number of morpholine rings is 1. The van der Waals surface area contributed by atoms with E-state index in [1.54, 1.807) is 0 Å². The summed E-state index contributed by atoms with van der Waals surface area (Å²) < 4.78 is 8.68. The first-order chi connectivity index (χ1) is 19.0. The van der Waals surface area contributed by atoms with Gasteiger partial charge in [-0.25, -0.2) is 4.57 Å². The summed E-state index contributed by atoms with van der Waals surface area (Å²) in [4.78, 5) is 1.85. The number of likely N-dealkylation sites (N-methyl/N-ethyl adjacent to an activating group) is 1. The monoisotopic (exact) mass is 555 g/mol. The van der Waals surface area contributed by atoms with Crippen molar-refractivity contribution < 1.29 is 18.7 Å². The van der Waals surface area contributed by atoms with Crippen LogP contribution in [0.1, 0.15) is 133 Å². The van der Waals surface area contributed by atoms with Crippen molar-refractivity contribution in [1.82, 2.24) is 0 Å². The Morgan fingerprint density at radius 2 is 1.08 bits per heavy atom. The van der Waals surface area contributed by atoms with Crippen molar-refractivity contribution in [3.63, 3.8) is 0 Å². The van der Waals surface area contributed by atoms with Gasteiger partial charge in [0.1, 0.15) is 19.6 Å². The molecule has 0 spiro atoms. The molecule has 0 aromatic carbocycles. The van der Waals surface area contributed by atoms with Crippen LogP contribution < -0.4 is 9.47 Å². The Bertz CT molecular complexity index is 522. The summed E-state index contributed by atoms with van der Waals surface area (Å²) in [5.41, 5.74) is 0. The summed E-state index contributed by atoms with van der Waals surface area (Å²) in [5.74, 6) is 0. The van der Waals surface area contributed by atoms with Crippen LogP contribution in [0.2, 0.25) is 0 Å². The maximum atomic E-state index is 5.33. The molecule has 1 N–H and O–H groups in total. The van der Waals surface area contributed by atoms with Crippen LogP contribution in [0.25, 0.3) is 0 Å². The minimum atomic E-state index is 0.959. The molecule has 0 radical (unpaired) electrons. The maximum Gasteiger partial charge on any atom is 0.168 e. The highest BCUT2D eigenvalue weighted by Gasteiger charge is 2.23. The predicted octanol–water partition coefficient (Wildman–Crippen LogP) is 7.75. The normalized spacial score (nSPS) is 13.4. The van der Waals surface area contributed by atoms with Gasteiger partial charge in [0.25, 0.3) is 0 Å². The number of aromatic nitrogens is 1. The van der Waals surface area contributed by atoms with Gasteiger partial charge < -0.3 is 14.1 Å². The van der Waals surface area contributed by atoms with E-state index in [0.717, 1.165) is 19.8 Å². The van der Waals surface area contributed by atoms with Gasteiger partial charge in [-0.15, -0.1) is 0 Å². The van der Waals surface area contributed by atoms with Gasteiger partial charge in [0, 0.05) is 12.1 Å². The van der Waals surface area contributed by atoms with Crippen LogP contribution in [0.3, 0.4) is 0 Å². The Morgan fingerprint density at radius 1 is 0.615 bits per heavy atom. The van der Waals surface area contributed by atoms with E-state index in [4.69, 9.17) is 4.74 Å². The molecule has 1 fully saturated rings. The molecule has 0 unspecified atom stereocenters. The number of unbranched alkanes of at least 4 members (excludes halogenated alkanes) is 6. The summed E-state index contributed by atoms with van der Waals surface area (Å²) in [6.07, 6.45) is 19.1. The summed E-state index contributed by atoms with van der Waals surface area (Å²) >= 11 is 0. The maximum absolute atomic E-state index is 5.33. The first kappa shape index (κ1) is 42.5. The summed E-state index contributed by atoms with van der Waals surface area (Å²) in [6, 6.07) is 6.08. The molecule has 2 rings (SSSR count). The fraction of sp³-hybridized carbons (Fsp3) is 0.857. The average Bonchev–Trinajstić information content (AvgIpc) is 3.00. The molecule has 1 saturated heterocycles. The molecular weight excluding hydrogens is 478 g/mol. The molecule has 4 heteroatoms. The smallest absolute Gasteiger partial charge is 0.168 e. The van der Waals surface area contributed by atoms with Crippen molar-refractivity contribution in [3.8, 4) is 0 Å². The SMILES string of the molecule is CC.CCCC.CCCCC[NH+](CCCC)CCCC.CCCC[N+]1(C)CCOCC1.CC[n+]1ccccc1. The fourth-order valence-corrected chi connectivity index (χ4v) is 4.05. The van der Waals surface area contributed by atoms with Gasteiger partial charge in [-0.3, -0.25) is 0 Å². The first-order valence-corrected chi connectivity index (χ1v) is 17.1. The summed E-state index contributed by atoms with van der Waals surface area (Å²) in [5, 5.41) is 0. The van der Waals surface area contributed by atoms with E-state index < -0.39 is 0 Å². The predicted molar refractivity (Wildman–Crippen MR) is 176 cm³/mol. The molecule has 0 bridgehead atoms. The van der Waals surface area contributed by atoms with Crippen LogP contribution in [-0.4, -0.2) is 64.0 Å². The number of rotatable bonds is 15.